The molecule has 3 aliphatic rings. The van der Waals surface area contributed by atoms with Crippen LogP contribution >= 0.6 is 0 Å². The Morgan fingerprint density at radius 1 is 0.968 bits per heavy atom. The summed E-state index contributed by atoms with van der Waals surface area (Å²) >= 11 is 0. The molecule has 31 heavy (non-hydrogen) atoms. The number of para-hydroxylation sites is 1. The summed E-state index contributed by atoms with van der Waals surface area (Å²) in [6.07, 6.45) is 3.34. The highest BCUT2D eigenvalue weighted by molar-refractivity contribution is 6.04. The molecule has 2 aromatic rings. The molecule has 1 atom stereocenters. The summed E-state index contributed by atoms with van der Waals surface area (Å²) in [4.78, 5) is 34.9. The van der Waals surface area contributed by atoms with Gasteiger partial charge in [0.05, 0.1) is 11.3 Å². The van der Waals surface area contributed by atoms with E-state index in [1.165, 1.54) is 5.69 Å². The number of piperazine rings is 1. The third kappa shape index (κ3) is 3.54. The second kappa shape index (κ2) is 8.25. The number of carbonyl (C=O) groups is 2. The summed E-state index contributed by atoms with van der Waals surface area (Å²) in [5.74, 6) is 0.171. The van der Waals surface area contributed by atoms with Crippen LogP contribution in [0, 0.1) is 0 Å². The first-order valence-electron chi connectivity index (χ1n) is 11.5. The highest BCUT2D eigenvalue weighted by Gasteiger charge is 2.38. The molecule has 6 heteroatoms. The number of piperidine rings is 1. The van der Waals surface area contributed by atoms with Crippen LogP contribution in [0.4, 0.5) is 11.4 Å². The van der Waals surface area contributed by atoms with E-state index in [1.807, 2.05) is 46.2 Å². The normalized spacial score (nSPS) is 21.1. The number of hydrogen-bond acceptors (Lipinski definition) is 4. The van der Waals surface area contributed by atoms with Gasteiger partial charge in [-0.3, -0.25) is 9.59 Å². The second-order valence-electron chi connectivity index (χ2n) is 8.61. The predicted molar refractivity (Wildman–Crippen MR) is 123 cm³/mol. The van der Waals surface area contributed by atoms with Gasteiger partial charge in [-0.2, -0.15) is 0 Å². The predicted octanol–water partition coefficient (Wildman–Crippen LogP) is 3.44. The van der Waals surface area contributed by atoms with E-state index in [0.29, 0.717) is 18.7 Å². The van der Waals surface area contributed by atoms with Crippen LogP contribution in [0.3, 0.4) is 0 Å². The smallest absolute Gasteiger partial charge is 0.257 e. The third-order valence-corrected chi connectivity index (χ3v) is 6.91. The van der Waals surface area contributed by atoms with Crippen LogP contribution in [0.5, 0.6) is 0 Å². The summed E-state index contributed by atoms with van der Waals surface area (Å²) in [5, 5.41) is 0. The number of anilines is 2. The van der Waals surface area contributed by atoms with E-state index in [9.17, 15) is 9.59 Å². The fourth-order valence-corrected chi connectivity index (χ4v) is 5.24. The van der Waals surface area contributed by atoms with Crippen LogP contribution in [-0.2, 0) is 0 Å². The van der Waals surface area contributed by atoms with Crippen LogP contribution in [0.1, 0.15) is 46.9 Å². The summed E-state index contributed by atoms with van der Waals surface area (Å²) < 4.78 is 0. The molecule has 0 saturated carbocycles. The molecule has 162 valence electrons. The molecular weight excluding hydrogens is 388 g/mol. The van der Waals surface area contributed by atoms with Gasteiger partial charge in [-0.25, -0.2) is 0 Å². The van der Waals surface area contributed by atoms with Crippen molar-refractivity contribution in [3.8, 4) is 0 Å². The van der Waals surface area contributed by atoms with Crippen molar-refractivity contribution < 1.29 is 9.59 Å². The van der Waals surface area contributed by atoms with Gasteiger partial charge in [-0.05, 0) is 56.5 Å². The Bertz CT molecular complexity index is 969. The summed E-state index contributed by atoms with van der Waals surface area (Å²) in [6, 6.07) is 16.0. The lowest BCUT2D eigenvalue weighted by atomic mass is 9.97. The standard InChI is InChI=1S/C25H30N4O2/c1-2-28-22-18-19(11-12-21(22)25(31)29-13-7-6-10-23(28)29)24(30)27-16-14-26(15-17-27)20-8-4-3-5-9-20/h3-5,8-9,11-12,18,23H,2,6-7,10,13-17H2,1H3/t23-/m1/s1. The highest BCUT2D eigenvalue weighted by Crippen LogP contribution is 2.36. The van der Waals surface area contributed by atoms with Crippen molar-refractivity contribution >= 4 is 23.2 Å². The fraction of sp³-hybridized carbons (Fsp3) is 0.440. The van der Waals surface area contributed by atoms with Gasteiger partial charge >= 0.3 is 0 Å². The molecule has 2 amide bonds. The Labute approximate surface area is 184 Å². The fourth-order valence-electron chi connectivity index (χ4n) is 5.24. The van der Waals surface area contributed by atoms with Crippen LogP contribution in [0.15, 0.2) is 48.5 Å². The van der Waals surface area contributed by atoms with Gasteiger partial charge in [0.1, 0.15) is 6.17 Å². The maximum atomic E-state index is 13.3. The van der Waals surface area contributed by atoms with Gasteiger partial charge in [0.25, 0.3) is 11.8 Å². The van der Waals surface area contributed by atoms with Crippen LogP contribution in [0.25, 0.3) is 0 Å². The summed E-state index contributed by atoms with van der Waals surface area (Å²) in [7, 11) is 0. The van der Waals surface area contributed by atoms with Crippen LogP contribution < -0.4 is 9.80 Å². The average molecular weight is 419 g/mol. The topological polar surface area (TPSA) is 47.1 Å². The third-order valence-electron chi connectivity index (χ3n) is 6.91. The quantitative estimate of drug-likeness (QED) is 0.766. The van der Waals surface area contributed by atoms with E-state index in [2.05, 4.69) is 28.9 Å². The van der Waals surface area contributed by atoms with Gasteiger partial charge in [-0.1, -0.05) is 18.2 Å². The van der Waals surface area contributed by atoms with Gasteiger partial charge in [-0.15, -0.1) is 0 Å². The SMILES string of the molecule is CCN1c2cc(C(=O)N3CCN(c4ccccc4)CC3)ccc2C(=O)N2CCCC[C@@H]21. The lowest BCUT2D eigenvalue weighted by Gasteiger charge is -2.47. The average Bonchev–Trinajstić information content (AvgIpc) is 2.84. The van der Waals surface area contributed by atoms with E-state index >= 15 is 0 Å². The van der Waals surface area contributed by atoms with Crippen LogP contribution in [-0.4, -0.2) is 67.0 Å². The van der Waals surface area contributed by atoms with Crippen molar-refractivity contribution in [1.82, 2.24) is 9.80 Å². The minimum atomic E-state index is 0.0603. The molecule has 3 heterocycles. The number of benzene rings is 2. The molecule has 0 spiro atoms. The number of amides is 2. The lowest BCUT2D eigenvalue weighted by molar-refractivity contribution is 0.0581. The van der Waals surface area contributed by atoms with Crippen molar-refractivity contribution in [3.63, 3.8) is 0 Å². The molecule has 0 N–H and O–H groups in total. The van der Waals surface area contributed by atoms with Gasteiger partial charge in [0.15, 0.2) is 0 Å². The molecule has 0 bridgehead atoms. The molecule has 2 saturated heterocycles. The Hall–Kier alpha value is -3.02. The minimum absolute atomic E-state index is 0.0603. The molecule has 0 aliphatic carbocycles. The minimum Gasteiger partial charge on any atom is -0.368 e. The zero-order chi connectivity index (χ0) is 21.4. The van der Waals surface area contributed by atoms with Crippen molar-refractivity contribution in [2.75, 3.05) is 49.1 Å². The number of hydrogen-bond donors (Lipinski definition) is 0. The second-order valence-corrected chi connectivity index (χ2v) is 8.61. The van der Waals surface area contributed by atoms with Crippen LogP contribution in [0.2, 0.25) is 0 Å². The van der Waals surface area contributed by atoms with E-state index in [0.717, 1.165) is 56.7 Å². The number of rotatable bonds is 3. The monoisotopic (exact) mass is 418 g/mol. The zero-order valence-electron chi connectivity index (χ0n) is 18.2. The molecule has 2 aromatic carbocycles. The van der Waals surface area contributed by atoms with E-state index in [4.69, 9.17) is 0 Å². The molecule has 0 radical (unpaired) electrons. The van der Waals surface area contributed by atoms with Gasteiger partial charge < -0.3 is 19.6 Å². The highest BCUT2D eigenvalue weighted by atomic mass is 16.2. The van der Waals surface area contributed by atoms with Crippen molar-refractivity contribution in [2.24, 2.45) is 0 Å². The largest absolute Gasteiger partial charge is 0.368 e. The first-order valence-corrected chi connectivity index (χ1v) is 11.5. The van der Waals surface area contributed by atoms with Crippen molar-refractivity contribution in [2.45, 2.75) is 32.4 Å². The Balaban J connectivity index is 1.35. The molecule has 6 nitrogen and oxygen atoms in total. The zero-order valence-corrected chi connectivity index (χ0v) is 18.2. The van der Waals surface area contributed by atoms with Crippen molar-refractivity contribution in [1.29, 1.82) is 0 Å². The summed E-state index contributed by atoms with van der Waals surface area (Å²) in [6.45, 7) is 6.86. The number of fused-ring (bicyclic) bond motifs is 2. The molecule has 2 fully saturated rings. The molecule has 0 unspecified atom stereocenters. The van der Waals surface area contributed by atoms with E-state index in [1.54, 1.807) is 0 Å². The first kappa shape index (κ1) is 19.9. The molecule has 5 rings (SSSR count). The maximum Gasteiger partial charge on any atom is 0.257 e. The molecule has 3 aliphatic heterocycles. The summed E-state index contributed by atoms with van der Waals surface area (Å²) in [5.41, 5.74) is 3.54. The first-order chi connectivity index (χ1) is 15.2. The Morgan fingerprint density at radius 3 is 2.48 bits per heavy atom. The number of carbonyl (C=O) groups excluding carboxylic acids is 2. The Morgan fingerprint density at radius 2 is 1.74 bits per heavy atom. The molecular formula is C25H30N4O2. The van der Waals surface area contributed by atoms with E-state index < -0.39 is 0 Å². The maximum absolute atomic E-state index is 13.3. The number of nitrogens with zero attached hydrogens (tertiary/aromatic N) is 4. The van der Waals surface area contributed by atoms with Crippen molar-refractivity contribution in [3.05, 3.63) is 59.7 Å². The van der Waals surface area contributed by atoms with E-state index in [-0.39, 0.29) is 18.0 Å². The van der Waals surface area contributed by atoms with Gasteiger partial charge in [0.2, 0.25) is 0 Å². The lowest BCUT2D eigenvalue weighted by Crippen LogP contribution is -2.57. The Kier molecular flexibility index (Phi) is 5.30. The molecule has 0 aromatic heterocycles. The van der Waals surface area contributed by atoms with Gasteiger partial charge in [0, 0.05) is 50.5 Å².